The van der Waals surface area contributed by atoms with Crippen LogP contribution >= 0.6 is 0 Å². The smallest absolute Gasteiger partial charge is 0.416 e. The fourth-order valence-corrected chi connectivity index (χ4v) is 3.75. The molecule has 0 radical (unpaired) electrons. The van der Waals surface area contributed by atoms with Crippen LogP contribution in [-0.2, 0) is 6.18 Å². The second-order valence-corrected chi connectivity index (χ2v) is 7.88. The molecule has 0 unspecified atom stereocenters. The van der Waals surface area contributed by atoms with E-state index in [-0.39, 0.29) is 58.3 Å². The highest BCUT2D eigenvalue weighted by Gasteiger charge is 2.31. The minimum Gasteiger partial charge on any atom is -0.490 e. The van der Waals surface area contributed by atoms with Crippen molar-refractivity contribution in [2.45, 2.75) is 20.0 Å². The van der Waals surface area contributed by atoms with Crippen molar-refractivity contribution in [1.29, 1.82) is 0 Å². The molecule has 0 aliphatic heterocycles. The molecular weight excluding hydrogens is 505 g/mol. The van der Waals surface area contributed by atoms with Crippen LogP contribution < -0.4 is 15.0 Å². The number of para-hydroxylation sites is 1. The van der Waals surface area contributed by atoms with E-state index in [4.69, 9.17) is 9.47 Å². The van der Waals surface area contributed by atoms with Gasteiger partial charge in [0.05, 0.1) is 40.8 Å². The van der Waals surface area contributed by atoms with Crippen LogP contribution in [-0.4, -0.2) is 34.0 Å². The van der Waals surface area contributed by atoms with Crippen LogP contribution in [0.15, 0.2) is 70.6 Å². The Hall–Kier alpha value is -4.74. The lowest BCUT2D eigenvalue weighted by Gasteiger charge is -2.13. The third-order valence-electron chi connectivity index (χ3n) is 5.37. The molecule has 1 aromatic heterocycles. The highest BCUT2D eigenvalue weighted by molar-refractivity contribution is 5.84. The summed E-state index contributed by atoms with van der Waals surface area (Å²) in [6.45, 7) is 3.73. The molecule has 9 nitrogen and oxygen atoms in total. The molecule has 0 fully saturated rings. The molecule has 4 rings (SSSR count). The fourth-order valence-electron chi connectivity index (χ4n) is 3.75. The first-order valence-electron chi connectivity index (χ1n) is 11.5. The molecule has 38 heavy (non-hydrogen) atoms. The molecule has 196 valence electrons. The van der Waals surface area contributed by atoms with Crippen LogP contribution in [0.2, 0.25) is 0 Å². The van der Waals surface area contributed by atoms with Crippen molar-refractivity contribution >= 4 is 22.8 Å². The summed E-state index contributed by atoms with van der Waals surface area (Å²) in [6.07, 6.45) is -3.45. The van der Waals surface area contributed by atoms with E-state index in [1.54, 1.807) is 32.0 Å². The highest BCUT2D eigenvalue weighted by Crippen LogP contribution is 2.38. The van der Waals surface area contributed by atoms with Crippen LogP contribution in [0.3, 0.4) is 0 Å². The summed E-state index contributed by atoms with van der Waals surface area (Å²) in [5.74, 6) is -0.0840. The Balaban J connectivity index is 1.92. The zero-order valence-electron chi connectivity index (χ0n) is 20.2. The molecule has 12 heteroatoms. The molecule has 3 aromatic carbocycles. The van der Waals surface area contributed by atoms with Crippen molar-refractivity contribution in [1.82, 2.24) is 9.66 Å². The minimum atomic E-state index is -4.61. The van der Waals surface area contributed by atoms with E-state index in [0.29, 0.717) is 0 Å². The Morgan fingerprint density at radius 2 is 1.79 bits per heavy atom. The molecule has 0 N–H and O–H groups in total. The Labute approximate surface area is 213 Å². The van der Waals surface area contributed by atoms with E-state index in [2.05, 4.69) is 10.1 Å². The number of hydrogen-bond acceptors (Lipinski definition) is 7. The SMILES string of the molecule is CCOc1cc(C=Nn2c(-c3cccc(C(F)(F)F)c3)nc3ccccc3c2=O)cc([N+](=O)[O-])c1OCC. The maximum atomic E-state index is 13.4. The van der Waals surface area contributed by atoms with E-state index in [1.807, 2.05) is 0 Å². The van der Waals surface area contributed by atoms with Gasteiger partial charge < -0.3 is 9.47 Å². The Morgan fingerprint density at radius 3 is 2.47 bits per heavy atom. The lowest BCUT2D eigenvalue weighted by atomic mass is 10.1. The number of benzene rings is 3. The van der Waals surface area contributed by atoms with Crippen molar-refractivity contribution in [3.05, 3.63) is 92.3 Å². The van der Waals surface area contributed by atoms with Gasteiger partial charge in [0.1, 0.15) is 0 Å². The van der Waals surface area contributed by atoms with Gasteiger partial charge in [-0.2, -0.15) is 22.9 Å². The first-order valence-corrected chi connectivity index (χ1v) is 11.5. The third-order valence-corrected chi connectivity index (χ3v) is 5.37. The van der Waals surface area contributed by atoms with Crippen LogP contribution in [0, 0.1) is 10.1 Å². The molecule has 0 aliphatic rings. The number of nitrogens with zero attached hydrogens (tertiary/aromatic N) is 4. The lowest BCUT2D eigenvalue weighted by molar-refractivity contribution is -0.385. The van der Waals surface area contributed by atoms with Gasteiger partial charge in [-0.15, -0.1) is 0 Å². The van der Waals surface area contributed by atoms with E-state index in [9.17, 15) is 28.1 Å². The summed E-state index contributed by atoms with van der Waals surface area (Å²) in [5.41, 5.74) is -1.46. The standard InChI is InChI=1S/C26H21F3N4O5/c1-3-37-22-13-16(12-21(33(35)36)23(22)38-4-2)15-30-32-24(17-8-7-9-18(14-17)26(27,28)29)31-20-11-6-5-10-19(20)25(32)34/h5-15H,3-4H2,1-2H3. The molecule has 0 atom stereocenters. The average Bonchev–Trinajstić information content (AvgIpc) is 2.89. The van der Waals surface area contributed by atoms with Gasteiger partial charge in [-0.05, 0) is 44.2 Å². The molecular formula is C26H21F3N4O5. The Bertz CT molecular complexity index is 1600. The van der Waals surface area contributed by atoms with Crippen LogP contribution in [0.25, 0.3) is 22.3 Å². The summed E-state index contributed by atoms with van der Waals surface area (Å²) in [5, 5.41) is 16.1. The minimum absolute atomic E-state index is 0.00695. The first kappa shape index (κ1) is 26.3. The monoisotopic (exact) mass is 526 g/mol. The number of nitro benzene ring substituents is 1. The topological polar surface area (TPSA) is 109 Å². The van der Waals surface area contributed by atoms with E-state index < -0.39 is 22.2 Å². The van der Waals surface area contributed by atoms with E-state index in [0.717, 1.165) is 16.8 Å². The number of hydrogen-bond donors (Lipinski definition) is 0. The normalized spacial score (nSPS) is 11.7. The maximum absolute atomic E-state index is 13.4. The largest absolute Gasteiger partial charge is 0.490 e. The summed E-state index contributed by atoms with van der Waals surface area (Å²) in [6, 6.07) is 13.4. The number of rotatable bonds is 8. The van der Waals surface area contributed by atoms with Gasteiger partial charge in [0, 0.05) is 17.2 Å². The number of fused-ring (bicyclic) bond motifs is 1. The zero-order chi connectivity index (χ0) is 27.4. The predicted molar refractivity (Wildman–Crippen MR) is 135 cm³/mol. The number of ether oxygens (including phenoxy) is 2. The highest BCUT2D eigenvalue weighted by atomic mass is 19.4. The van der Waals surface area contributed by atoms with Crippen LogP contribution in [0.5, 0.6) is 11.5 Å². The molecule has 0 saturated carbocycles. The first-order chi connectivity index (χ1) is 18.1. The van der Waals surface area contributed by atoms with Crippen molar-refractivity contribution in [2.24, 2.45) is 5.10 Å². The molecule has 4 aromatic rings. The molecule has 0 bridgehead atoms. The maximum Gasteiger partial charge on any atom is 0.416 e. The van der Waals surface area contributed by atoms with Crippen LogP contribution in [0.4, 0.5) is 18.9 Å². The molecule has 0 spiro atoms. The van der Waals surface area contributed by atoms with Gasteiger partial charge in [0.2, 0.25) is 5.75 Å². The quantitative estimate of drug-likeness (QED) is 0.166. The van der Waals surface area contributed by atoms with Gasteiger partial charge in [0.25, 0.3) is 5.56 Å². The second kappa shape index (κ2) is 10.7. The van der Waals surface area contributed by atoms with Crippen LogP contribution in [0.1, 0.15) is 25.0 Å². The molecule has 1 heterocycles. The van der Waals surface area contributed by atoms with Gasteiger partial charge in [-0.1, -0.05) is 24.3 Å². The summed E-state index contributed by atoms with van der Waals surface area (Å²) in [4.78, 5) is 28.8. The molecule has 0 saturated heterocycles. The third kappa shape index (κ3) is 5.33. The molecule has 0 aliphatic carbocycles. The number of aromatic nitrogens is 2. The fraction of sp³-hybridized carbons (Fsp3) is 0.192. The van der Waals surface area contributed by atoms with E-state index >= 15 is 0 Å². The predicted octanol–water partition coefficient (Wildman–Crippen LogP) is 5.67. The van der Waals surface area contributed by atoms with Crippen molar-refractivity contribution in [2.75, 3.05) is 13.2 Å². The van der Waals surface area contributed by atoms with Gasteiger partial charge in [-0.3, -0.25) is 14.9 Å². The summed E-state index contributed by atoms with van der Waals surface area (Å²) < 4.78 is 51.9. The lowest BCUT2D eigenvalue weighted by Crippen LogP contribution is -2.20. The average molecular weight is 526 g/mol. The number of halogens is 3. The Kier molecular flexibility index (Phi) is 7.42. The number of nitro groups is 1. The van der Waals surface area contributed by atoms with Gasteiger partial charge >= 0.3 is 11.9 Å². The van der Waals surface area contributed by atoms with Gasteiger partial charge in [0.15, 0.2) is 11.6 Å². The van der Waals surface area contributed by atoms with Crippen molar-refractivity contribution in [3.63, 3.8) is 0 Å². The second-order valence-electron chi connectivity index (χ2n) is 7.88. The van der Waals surface area contributed by atoms with E-state index in [1.165, 1.54) is 36.5 Å². The Morgan fingerprint density at radius 1 is 1.05 bits per heavy atom. The van der Waals surface area contributed by atoms with Crippen molar-refractivity contribution < 1.29 is 27.6 Å². The van der Waals surface area contributed by atoms with Crippen molar-refractivity contribution in [3.8, 4) is 22.9 Å². The summed E-state index contributed by atoms with van der Waals surface area (Å²) in [7, 11) is 0. The zero-order valence-corrected chi connectivity index (χ0v) is 20.2. The summed E-state index contributed by atoms with van der Waals surface area (Å²) >= 11 is 0. The van der Waals surface area contributed by atoms with Gasteiger partial charge in [-0.25, -0.2) is 4.98 Å². The molecule has 0 amide bonds. The number of alkyl halides is 3.